The molecule has 0 radical (unpaired) electrons. The highest BCUT2D eigenvalue weighted by molar-refractivity contribution is 9.10. The Morgan fingerprint density at radius 2 is 2.05 bits per heavy atom. The van der Waals surface area contributed by atoms with Crippen LogP contribution in [0.3, 0.4) is 0 Å². The van der Waals surface area contributed by atoms with Crippen molar-refractivity contribution in [2.24, 2.45) is 17.3 Å². The van der Waals surface area contributed by atoms with Crippen molar-refractivity contribution < 1.29 is 15.0 Å². The fourth-order valence-corrected chi connectivity index (χ4v) is 4.95. The molecule has 3 nitrogen and oxygen atoms in total. The number of aryl methyl sites for hydroxylation is 1. The van der Waals surface area contributed by atoms with Gasteiger partial charge in [0.05, 0.1) is 10.0 Å². The first-order valence-corrected chi connectivity index (χ1v) is 8.73. The van der Waals surface area contributed by atoms with E-state index in [-0.39, 0.29) is 17.5 Å². The van der Waals surface area contributed by atoms with Crippen LogP contribution >= 0.6 is 15.9 Å². The van der Waals surface area contributed by atoms with Crippen molar-refractivity contribution in [3.05, 3.63) is 27.2 Å². The van der Waals surface area contributed by atoms with Gasteiger partial charge in [-0.3, -0.25) is 4.79 Å². The van der Waals surface area contributed by atoms with Gasteiger partial charge >= 0.3 is 0 Å². The normalized spacial score (nSPS) is 34.0. The number of fused-ring (bicyclic) bond motifs is 3. The van der Waals surface area contributed by atoms with E-state index in [9.17, 15) is 15.0 Å². The number of hydrogen-bond acceptors (Lipinski definition) is 3. The number of aliphatic hydroxyl groups excluding tert-OH is 1. The average Bonchev–Trinajstić information content (AvgIpc) is 2.81. The molecule has 1 aromatic carbocycles. The van der Waals surface area contributed by atoms with Crippen LogP contribution in [0, 0.1) is 24.2 Å². The minimum Gasteiger partial charge on any atom is -0.506 e. The maximum Gasteiger partial charge on any atom is 0.195 e. The fourth-order valence-electron chi connectivity index (χ4n) is 4.64. The molecule has 1 saturated carbocycles. The molecule has 0 spiro atoms. The van der Waals surface area contributed by atoms with Gasteiger partial charge < -0.3 is 10.2 Å². The summed E-state index contributed by atoms with van der Waals surface area (Å²) in [4.78, 5) is 12.7. The van der Waals surface area contributed by atoms with Crippen LogP contribution in [-0.4, -0.2) is 22.1 Å². The second kappa shape index (κ2) is 5.07. The van der Waals surface area contributed by atoms with Crippen LogP contribution in [-0.2, 0) is 0 Å². The third-order valence-electron chi connectivity index (χ3n) is 5.92. The van der Waals surface area contributed by atoms with Crippen LogP contribution in [0.15, 0.2) is 10.5 Å². The highest BCUT2D eigenvalue weighted by Gasteiger charge is 2.57. The molecule has 2 N–H and O–H groups in total. The van der Waals surface area contributed by atoms with Crippen LogP contribution in [0.5, 0.6) is 5.75 Å². The minimum absolute atomic E-state index is 0.0180. The monoisotopic (exact) mass is 366 g/mol. The molecule has 0 aromatic heterocycles. The van der Waals surface area contributed by atoms with E-state index in [1.807, 2.05) is 19.9 Å². The summed E-state index contributed by atoms with van der Waals surface area (Å²) in [5.41, 5.74) is 1.75. The van der Waals surface area contributed by atoms with E-state index in [0.29, 0.717) is 21.9 Å². The zero-order valence-corrected chi connectivity index (χ0v) is 15.1. The Morgan fingerprint density at radius 1 is 1.41 bits per heavy atom. The maximum atomic E-state index is 12.7. The molecule has 0 aliphatic heterocycles. The number of carbonyl (C=O) groups is 1. The summed E-state index contributed by atoms with van der Waals surface area (Å²) < 4.78 is 0.550. The van der Waals surface area contributed by atoms with Gasteiger partial charge in [-0.2, -0.15) is 0 Å². The molecule has 0 saturated heterocycles. The number of rotatable bonds is 1. The largest absolute Gasteiger partial charge is 0.506 e. The quantitative estimate of drug-likeness (QED) is 0.783. The third kappa shape index (κ3) is 1.93. The maximum absolute atomic E-state index is 12.7. The predicted octanol–water partition coefficient (Wildman–Crippen LogP) is 4.18. The number of halogens is 1. The molecule has 1 fully saturated rings. The fraction of sp³-hybridized carbons (Fsp3) is 0.611. The van der Waals surface area contributed by atoms with Crippen LogP contribution in [0.4, 0.5) is 0 Å². The molecule has 120 valence electrons. The number of aliphatic hydroxyl groups is 1. The number of phenols is 1. The zero-order valence-electron chi connectivity index (χ0n) is 13.5. The van der Waals surface area contributed by atoms with E-state index in [0.717, 1.165) is 24.0 Å². The van der Waals surface area contributed by atoms with Gasteiger partial charge in [0.25, 0.3) is 0 Å². The smallest absolute Gasteiger partial charge is 0.195 e. The molecule has 3 rings (SSSR count). The Hall–Kier alpha value is -0.870. The summed E-state index contributed by atoms with van der Waals surface area (Å²) in [7, 11) is 0. The lowest BCUT2D eigenvalue weighted by atomic mass is 9.61. The van der Waals surface area contributed by atoms with Crippen molar-refractivity contribution >= 4 is 21.7 Å². The highest BCUT2D eigenvalue weighted by atomic mass is 79.9. The van der Waals surface area contributed by atoms with Gasteiger partial charge in [0.15, 0.2) is 5.78 Å². The summed E-state index contributed by atoms with van der Waals surface area (Å²) in [5, 5.41) is 21.1. The molecular formula is C18H23BrO3. The predicted molar refractivity (Wildman–Crippen MR) is 89.3 cm³/mol. The van der Waals surface area contributed by atoms with Gasteiger partial charge in [-0.05, 0) is 64.6 Å². The number of carbonyl (C=O) groups excluding carboxylic acids is 1. The van der Waals surface area contributed by atoms with Gasteiger partial charge in [0, 0.05) is 5.41 Å². The van der Waals surface area contributed by atoms with E-state index in [4.69, 9.17) is 0 Å². The number of benzene rings is 1. The molecule has 0 unspecified atom stereocenters. The Labute approximate surface area is 139 Å². The van der Waals surface area contributed by atoms with E-state index in [2.05, 4.69) is 29.8 Å². The zero-order chi connectivity index (χ0) is 16.4. The van der Waals surface area contributed by atoms with Crippen molar-refractivity contribution in [2.45, 2.75) is 52.6 Å². The van der Waals surface area contributed by atoms with Crippen LogP contribution in [0.1, 0.15) is 61.0 Å². The van der Waals surface area contributed by atoms with E-state index < -0.39 is 11.5 Å². The molecular weight excluding hydrogens is 344 g/mol. The molecule has 4 heteroatoms. The first-order chi connectivity index (χ1) is 10.2. The standard InChI is InChI=1S/C18H23BrO3/c1-8(2)10-5-6-18(4)13(10)11-7-9(3)14(19)15(20)12(11)16(21)17(18)22/h7-8,10,13,17,20,22H,5-6H2,1-4H3/t10-,13-,17-,18-/m1/s1. The summed E-state index contributed by atoms with van der Waals surface area (Å²) in [6, 6.07) is 2.02. The lowest BCUT2D eigenvalue weighted by Crippen LogP contribution is -2.46. The van der Waals surface area contributed by atoms with Crippen molar-refractivity contribution in [3.8, 4) is 5.75 Å². The van der Waals surface area contributed by atoms with Gasteiger partial charge in [0.1, 0.15) is 11.9 Å². The van der Waals surface area contributed by atoms with Crippen LogP contribution in [0.25, 0.3) is 0 Å². The molecule has 1 aromatic rings. The number of aromatic hydroxyl groups is 1. The summed E-state index contributed by atoms with van der Waals surface area (Å²) in [6.45, 7) is 8.35. The lowest BCUT2D eigenvalue weighted by molar-refractivity contribution is 0.0163. The summed E-state index contributed by atoms with van der Waals surface area (Å²) in [5.74, 6) is 0.664. The Morgan fingerprint density at radius 3 is 2.64 bits per heavy atom. The topological polar surface area (TPSA) is 57.5 Å². The Kier molecular flexibility index (Phi) is 3.69. The third-order valence-corrected chi connectivity index (χ3v) is 6.92. The number of Topliss-reactive ketones (excluding diaryl/α,β-unsaturated/α-hetero) is 1. The summed E-state index contributed by atoms with van der Waals surface area (Å²) in [6.07, 6.45) is 0.829. The molecule has 2 aliphatic carbocycles. The van der Waals surface area contributed by atoms with Gasteiger partial charge in [-0.15, -0.1) is 0 Å². The Balaban J connectivity index is 2.30. The number of phenolic OH excluding ortho intramolecular Hbond substituents is 1. The van der Waals surface area contributed by atoms with E-state index in [1.165, 1.54) is 0 Å². The SMILES string of the molecule is Cc1cc2c(c(O)c1Br)C(=O)[C@@H](O)[C@]1(C)CC[C@H](C(C)C)[C@H]21. The van der Waals surface area contributed by atoms with Crippen molar-refractivity contribution in [3.63, 3.8) is 0 Å². The van der Waals surface area contributed by atoms with E-state index >= 15 is 0 Å². The van der Waals surface area contributed by atoms with Gasteiger partial charge in [0.2, 0.25) is 0 Å². The summed E-state index contributed by atoms with van der Waals surface area (Å²) >= 11 is 3.35. The van der Waals surface area contributed by atoms with Crippen LogP contribution in [0.2, 0.25) is 0 Å². The molecule has 4 atom stereocenters. The van der Waals surface area contributed by atoms with Gasteiger partial charge in [-0.1, -0.05) is 26.8 Å². The van der Waals surface area contributed by atoms with E-state index in [1.54, 1.807) is 0 Å². The van der Waals surface area contributed by atoms with Crippen molar-refractivity contribution in [1.29, 1.82) is 0 Å². The van der Waals surface area contributed by atoms with Gasteiger partial charge in [-0.25, -0.2) is 0 Å². The van der Waals surface area contributed by atoms with Crippen molar-refractivity contribution in [1.82, 2.24) is 0 Å². The molecule has 0 heterocycles. The van der Waals surface area contributed by atoms with Crippen molar-refractivity contribution in [2.75, 3.05) is 0 Å². The van der Waals surface area contributed by atoms with Crippen LogP contribution < -0.4 is 0 Å². The first kappa shape index (κ1) is 16.0. The molecule has 22 heavy (non-hydrogen) atoms. The number of ketones is 1. The second-order valence-corrected chi connectivity index (χ2v) is 8.31. The molecule has 0 amide bonds. The molecule has 2 aliphatic rings. The number of hydrogen-bond donors (Lipinski definition) is 2. The highest BCUT2D eigenvalue weighted by Crippen LogP contribution is 2.61. The second-order valence-electron chi connectivity index (χ2n) is 7.52. The Bertz CT molecular complexity index is 652. The lowest BCUT2D eigenvalue weighted by Gasteiger charge is -2.43. The average molecular weight is 367 g/mol. The minimum atomic E-state index is -1.03. The first-order valence-electron chi connectivity index (χ1n) is 7.94. The molecule has 0 bridgehead atoms.